The Morgan fingerprint density at radius 1 is 0.264 bits per heavy atom. The quantitative estimate of drug-likeness (QED) is 0.170. The highest BCUT2D eigenvalue weighted by atomic mass is 16.3. The van der Waals surface area contributed by atoms with Crippen molar-refractivity contribution in [3.8, 4) is 22.3 Å². The van der Waals surface area contributed by atoms with Gasteiger partial charge in [0.25, 0.3) is 0 Å². The number of nitrogens with zero attached hydrogens (tertiary/aromatic N) is 1. The van der Waals surface area contributed by atoms with Crippen molar-refractivity contribution < 1.29 is 8.83 Å². The van der Waals surface area contributed by atoms with Gasteiger partial charge in [-0.2, -0.15) is 0 Å². The van der Waals surface area contributed by atoms with Gasteiger partial charge in [-0.25, -0.2) is 0 Å². The molecular formula is C50H31NO2. The van der Waals surface area contributed by atoms with E-state index in [2.05, 4.69) is 169 Å². The molecule has 2 aromatic heterocycles. The lowest BCUT2D eigenvalue weighted by Crippen LogP contribution is -2.09. The summed E-state index contributed by atoms with van der Waals surface area (Å²) in [5.74, 6) is 0. The van der Waals surface area contributed by atoms with Gasteiger partial charge >= 0.3 is 0 Å². The summed E-state index contributed by atoms with van der Waals surface area (Å²) in [5, 5.41) is 9.21. The first-order valence-electron chi connectivity index (χ1n) is 18.0. The summed E-state index contributed by atoms with van der Waals surface area (Å²) in [6, 6.07) is 67.0. The largest absolute Gasteiger partial charge is 0.456 e. The maximum Gasteiger partial charge on any atom is 0.136 e. The first-order valence-corrected chi connectivity index (χ1v) is 18.0. The molecule has 0 N–H and O–H groups in total. The highest BCUT2D eigenvalue weighted by Crippen LogP contribution is 2.42. The van der Waals surface area contributed by atoms with Crippen molar-refractivity contribution in [1.29, 1.82) is 0 Å². The molecule has 0 unspecified atom stereocenters. The second kappa shape index (κ2) is 11.7. The van der Waals surface area contributed by atoms with E-state index in [1.165, 1.54) is 38.4 Å². The Hall–Kier alpha value is -7.10. The van der Waals surface area contributed by atoms with Gasteiger partial charge in [0.1, 0.15) is 22.3 Å². The van der Waals surface area contributed by atoms with Gasteiger partial charge in [0, 0.05) is 38.6 Å². The third-order valence-corrected chi connectivity index (χ3v) is 10.6. The Kier molecular flexibility index (Phi) is 6.55. The summed E-state index contributed by atoms with van der Waals surface area (Å²) in [6.07, 6.45) is 0. The fourth-order valence-corrected chi connectivity index (χ4v) is 8.01. The van der Waals surface area contributed by atoms with Crippen LogP contribution in [-0.4, -0.2) is 0 Å². The van der Waals surface area contributed by atoms with Gasteiger partial charge in [0.05, 0.1) is 0 Å². The summed E-state index contributed by atoms with van der Waals surface area (Å²) in [5.41, 5.74) is 11.6. The van der Waals surface area contributed by atoms with Crippen molar-refractivity contribution in [1.82, 2.24) is 0 Å². The number of furan rings is 2. The number of hydrogen-bond acceptors (Lipinski definition) is 3. The van der Waals surface area contributed by atoms with Crippen molar-refractivity contribution >= 4 is 82.5 Å². The average Bonchev–Trinajstić information content (AvgIpc) is 3.78. The van der Waals surface area contributed by atoms with E-state index in [-0.39, 0.29) is 0 Å². The third kappa shape index (κ3) is 4.90. The minimum atomic E-state index is 0.879. The normalized spacial score (nSPS) is 11.8. The van der Waals surface area contributed by atoms with Gasteiger partial charge in [-0.05, 0) is 117 Å². The van der Waals surface area contributed by atoms with E-state index >= 15 is 0 Å². The first-order chi connectivity index (χ1) is 26.2. The molecule has 11 rings (SSSR count). The Labute approximate surface area is 305 Å². The summed E-state index contributed by atoms with van der Waals surface area (Å²) >= 11 is 0. The zero-order valence-electron chi connectivity index (χ0n) is 28.7. The number of rotatable bonds is 5. The molecule has 2 heterocycles. The highest BCUT2D eigenvalue weighted by Gasteiger charge is 2.18. The van der Waals surface area contributed by atoms with Crippen LogP contribution in [0.25, 0.3) is 87.7 Å². The van der Waals surface area contributed by atoms with Crippen LogP contribution in [0.3, 0.4) is 0 Å². The van der Waals surface area contributed by atoms with Crippen LogP contribution in [0.1, 0.15) is 0 Å². The van der Waals surface area contributed by atoms with E-state index in [9.17, 15) is 0 Å². The number of hydrogen-bond donors (Lipinski definition) is 0. The second-order valence-electron chi connectivity index (χ2n) is 13.7. The third-order valence-electron chi connectivity index (χ3n) is 10.6. The molecule has 0 bridgehead atoms. The van der Waals surface area contributed by atoms with E-state index in [4.69, 9.17) is 8.83 Å². The van der Waals surface area contributed by atoms with Gasteiger partial charge in [-0.15, -0.1) is 0 Å². The standard InChI is InChI=1S/C50H31NO2/c1-2-9-32(10-3-1)35-11-8-12-36(27-35)33-19-22-38(23-20-33)51(40-25-26-49-45(30-40)41-13-4-6-15-47(41)52-49)39-24-21-34-17-18-37-28-50-46(31-44(37)43(34)29-39)42-14-5-7-16-48(42)53-50/h1-31H. The summed E-state index contributed by atoms with van der Waals surface area (Å²) in [7, 11) is 0. The number of fused-ring (bicyclic) bond motifs is 9. The molecule has 3 nitrogen and oxygen atoms in total. The summed E-state index contributed by atoms with van der Waals surface area (Å²) in [4.78, 5) is 2.36. The fraction of sp³-hybridized carbons (Fsp3) is 0. The number of benzene rings is 9. The van der Waals surface area contributed by atoms with Gasteiger partial charge < -0.3 is 13.7 Å². The Bertz CT molecular complexity index is 3170. The van der Waals surface area contributed by atoms with E-state index in [1.54, 1.807) is 0 Å². The molecule has 0 saturated carbocycles. The molecule has 11 aromatic rings. The molecule has 0 aliphatic rings. The molecule has 0 spiro atoms. The van der Waals surface area contributed by atoms with Crippen LogP contribution in [0.4, 0.5) is 17.1 Å². The maximum absolute atomic E-state index is 6.26. The van der Waals surface area contributed by atoms with E-state index < -0.39 is 0 Å². The van der Waals surface area contributed by atoms with Crippen LogP contribution in [0, 0.1) is 0 Å². The molecule has 248 valence electrons. The van der Waals surface area contributed by atoms with E-state index in [1.807, 2.05) is 24.3 Å². The lowest BCUT2D eigenvalue weighted by Gasteiger charge is -2.26. The van der Waals surface area contributed by atoms with Crippen molar-refractivity contribution in [3.05, 3.63) is 188 Å². The number of para-hydroxylation sites is 2. The highest BCUT2D eigenvalue weighted by molar-refractivity contribution is 6.17. The molecule has 0 amide bonds. The van der Waals surface area contributed by atoms with Crippen LogP contribution in [0.15, 0.2) is 197 Å². The SMILES string of the molecule is c1ccc(-c2cccc(-c3ccc(N(c4ccc5ccc6cc7oc8ccccc8c7cc6c5c4)c4ccc5oc6ccccc6c5c4)cc3)c2)cc1. The second-order valence-corrected chi connectivity index (χ2v) is 13.7. The van der Waals surface area contributed by atoms with Crippen molar-refractivity contribution in [2.24, 2.45) is 0 Å². The predicted molar refractivity (Wildman–Crippen MR) is 222 cm³/mol. The smallest absolute Gasteiger partial charge is 0.136 e. The first kappa shape index (κ1) is 29.6. The maximum atomic E-state index is 6.26. The average molecular weight is 678 g/mol. The molecule has 53 heavy (non-hydrogen) atoms. The Balaban J connectivity index is 1.09. The zero-order valence-corrected chi connectivity index (χ0v) is 28.7. The van der Waals surface area contributed by atoms with Crippen LogP contribution < -0.4 is 4.90 Å². The fourth-order valence-electron chi connectivity index (χ4n) is 8.01. The molecule has 3 heteroatoms. The Morgan fingerprint density at radius 2 is 0.774 bits per heavy atom. The van der Waals surface area contributed by atoms with Gasteiger partial charge in [0.2, 0.25) is 0 Å². The monoisotopic (exact) mass is 677 g/mol. The van der Waals surface area contributed by atoms with Gasteiger partial charge in [-0.3, -0.25) is 0 Å². The molecule has 0 saturated heterocycles. The van der Waals surface area contributed by atoms with Crippen LogP contribution in [0.5, 0.6) is 0 Å². The summed E-state index contributed by atoms with van der Waals surface area (Å²) in [6.45, 7) is 0. The van der Waals surface area contributed by atoms with E-state index in [0.29, 0.717) is 0 Å². The minimum Gasteiger partial charge on any atom is -0.456 e. The molecule has 9 aromatic carbocycles. The van der Waals surface area contributed by atoms with Gasteiger partial charge in [-0.1, -0.05) is 115 Å². The molecule has 0 aliphatic carbocycles. The lowest BCUT2D eigenvalue weighted by atomic mass is 9.98. The minimum absolute atomic E-state index is 0.879. The van der Waals surface area contributed by atoms with Crippen molar-refractivity contribution in [2.45, 2.75) is 0 Å². The topological polar surface area (TPSA) is 29.5 Å². The van der Waals surface area contributed by atoms with E-state index in [0.717, 1.165) is 66.3 Å². The molecular weight excluding hydrogens is 647 g/mol. The number of anilines is 3. The predicted octanol–water partition coefficient (Wildman–Crippen LogP) is 14.6. The Morgan fingerprint density at radius 3 is 1.53 bits per heavy atom. The van der Waals surface area contributed by atoms with Gasteiger partial charge in [0.15, 0.2) is 0 Å². The van der Waals surface area contributed by atoms with Crippen LogP contribution in [0.2, 0.25) is 0 Å². The van der Waals surface area contributed by atoms with Crippen LogP contribution in [-0.2, 0) is 0 Å². The molecule has 0 fully saturated rings. The molecule has 0 aliphatic heterocycles. The zero-order chi connectivity index (χ0) is 34.9. The van der Waals surface area contributed by atoms with Crippen LogP contribution >= 0.6 is 0 Å². The van der Waals surface area contributed by atoms with Crippen molar-refractivity contribution in [3.63, 3.8) is 0 Å². The summed E-state index contributed by atoms with van der Waals surface area (Å²) < 4.78 is 12.5. The van der Waals surface area contributed by atoms with Crippen molar-refractivity contribution in [2.75, 3.05) is 4.90 Å². The molecule has 0 radical (unpaired) electrons. The lowest BCUT2D eigenvalue weighted by molar-refractivity contribution is 0.668. The molecule has 0 atom stereocenters.